The first-order chi connectivity index (χ1) is 10.3. The minimum atomic E-state index is -0.202. The van der Waals surface area contributed by atoms with Gasteiger partial charge in [0.25, 0.3) is 5.91 Å². The van der Waals surface area contributed by atoms with Gasteiger partial charge in [0.1, 0.15) is 5.75 Å². The standard InChI is InChI=1S/C17H20N2O2/c20-16-14-7-2-1-5-12(14)8-9-15(16)17(21)19-13-6-3-4-10-18-11-13/h1-2,5,7-9,13,18,20H,3-4,6,10-11H2,(H,19,21). The van der Waals surface area contributed by atoms with Crippen LogP contribution in [0.25, 0.3) is 10.8 Å². The molecule has 2 aromatic rings. The first-order valence-corrected chi connectivity index (χ1v) is 7.48. The van der Waals surface area contributed by atoms with Crippen molar-refractivity contribution in [2.75, 3.05) is 13.1 Å². The van der Waals surface area contributed by atoms with Crippen LogP contribution in [0.15, 0.2) is 36.4 Å². The fourth-order valence-corrected chi connectivity index (χ4v) is 2.84. The molecule has 1 amide bonds. The number of benzene rings is 2. The van der Waals surface area contributed by atoms with Gasteiger partial charge in [-0.2, -0.15) is 0 Å². The summed E-state index contributed by atoms with van der Waals surface area (Å²) < 4.78 is 0. The Morgan fingerprint density at radius 2 is 2.05 bits per heavy atom. The SMILES string of the molecule is O=C(NC1CCCCNC1)c1ccc2ccccc2c1O. The zero-order chi connectivity index (χ0) is 14.7. The molecule has 21 heavy (non-hydrogen) atoms. The number of phenols is 1. The highest BCUT2D eigenvalue weighted by atomic mass is 16.3. The van der Waals surface area contributed by atoms with Crippen LogP contribution in [0.4, 0.5) is 0 Å². The van der Waals surface area contributed by atoms with Crippen molar-refractivity contribution in [1.29, 1.82) is 0 Å². The van der Waals surface area contributed by atoms with Crippen molar-refractivity contribution >= 4 is 16.7 Å². The van der Waals surface area contributed by atoms with E-state index in [1.54, 1.807) is 6.07 Å². The summed E-state index contributed by atoms with van der Waals surface area (Å²) in [6.45, 7) is 1.80. The molecule has 4 nitrogen and oxygen atoms in total. The summed E-state index contributed by atoms with van der Waals surface area (Å²) in [6, 6.07) is 11.2. The van der Waals surface area contributed by atoms with Crippen LogP contribution >= 0.6 is 0 Å². The normalized spacial score (nSPS) is 19.1. The Labute approximate surface area is 124 Å². The van der Waals surface area contributed by atoms with Gasteiger partial charge >= 0.3 is 0 Å². The molecular formula is C17H20N2O2. The fourth-order valence-electron chi connectivity index (χ4n) is 2.84. The summed E-state index contributed by atoms with van der Waals surface area (Å²) >= 11 is 0. The summed E-state index contributed by atoms with van der Waals surface area (Å²) in [5, 5.41) is 18.3. The van der Waals surface area contributed by atoms with Gasteiger partial charge in [-0.3, -0.25) is 4.79 Å². The molecule has 4 heteroatoms. The summed E-state index contributed by atoms with van der Waals surface area (Å²) in [6.07, 6.45) is 3.24. The van der Waals surface area contributed by atoms with E-state index >= 15 is 0 Å². The molecule has 3 rings (SSSR count). The third kappa shape index (κ3) is 3.00. The van der Waals surface area contributed by atoms with Crippen LogP contribution in [0.5, 0.6) is 5.75 Å². The molecule has 1 unspecified atom stereocenters. The highest BCUT2D eigenvalue weighted by molar-refractivity contribution is 6.03. The molecule has 110 valence electrons. The molecular weight excluding hydrogens is 264 g/mol. The molecule has 2 aromatic carbocycles. The molecule has 1 aliphatic rings. The average molecular weight is 284 g/mol. The minimum Gasteiger partial charge on any atom is -0.506 e. The fraction of sp³-hybridized carbons (Fsp3) is 0.353. The van der Waals surface area contributed by atoms with Crippen LogP contribution < -0.4 is 10.6 Å². The van der Waals surface area contributed by atoms with Gasteiger partial charge in [-0.25, -0.2) is 0 Å². The Morgan fingerprint density at radius 3 is 2.95 bits per heavy atom. The number of nitrogens with one attached hydrogen (secondary N) is 2. The molecule has 0 aliphatic carbocycles. The van der Waals surface area contributed by atoms with Crippen LogP contribution in [0.1, 0.15) is 29.6 Å². The Balaban J connectivity index is 1.82. The van der Waals surface area contributed by atoms with Gasteiger partial charge in [-0.15, -0.1) is 0 Å². The van der Waals surface area contributed by atoms with Gasteiger partial charge in [0.05, 0.1) is 5.56 Å². The highest BCUT2D eigenvalue weighted by Gasteiger charge is 2.18. The van der Waals surface area contributed by atoms with Crippen LogP contribution in [-0.4, -0.2) is 30.1 Å². The average Bonchev–Trinajstić information content (AvgIpc) is 2.76. The lowest BCUT2D eigenvalue weighted by atomic mass is 10.0. The number of fused-ring (bicyclic) bond motifs is 1. The van der Waals surface area contributed by atoms with Gasteiger partial charge < -0.3 is 15.7 Å². The van der Waals surface area contributed by atoms with Gasteiger partial charge in [-0.05, 0) is 30.8 Å². The zero-order valence-electron chi connectivity index (χ0n) is 11.9. The predicted molar refractivity (Wildman–Crippen MR) is 83.6 cm³/mol. The molecule has 1 heterocycles. The molecule has 0 radical (unpaired) electrons. The molecule has 1 aliphatic heterocycles. The van der Waals surface area contributed by atoms with E-state index in [0.29, 0.717) is 10.9 Å². The number of amides is 1. The zero-order valence-corrected chi connectivity index (χ0v) is 11.9. The van der Waals surface area contributed by atoms with Gasteiger partial charge in [0, 0.05) is 18.0 Å². The van der Waals surface area contributed by atoms with Crippen molar-refractivity contribution in [3.05, 3.63) is 42.0 Å². The molecule has 0 bridgehead atoms. The van der Waals surface area contributed by atoms with Crippen LogP contribution in [-0.2, 0) is 0 Å². The Bertz CT molecular complexity index is 646. The number of aromatic hydroxyl groups is 1. The van der Waals surface area contributed by atoms with Crippen molar-refractivity contribution < 1.29 is 9.90 Å². The van der Waals surface area contributed by atoms with Crippen molar-refractivity contribution in [3.63, 3.8) is 0 Å². The second-order valence-electron chi connectivity index (χ2n) is 5.55. The number of phenolic OH excluding ortho intramolecular Hbond substituents is 1. The topological polar surface area (TPSA) is 61.4 Å². The van der Waals surface area contributed by atoms with E-state index < -0.39 is 0 Å². The maximum Gasteiger partial charge on any atom is 0.255 e. The summed E-state index contributed by atoms with van der Waals surface area (Å²) in [4.78, 5) is 12.4. The lowest BCUT2D eigenvalue weighted by Gasteiger charge is -2.17. The first-order valence-electron chi connectivity index (χ1n) is 7.48. The first kappa shape index (κ1) is 13.9. The predicted octanol–water partition coefficient (Wildman–Crippen LogP) is 2.42. The lowest BCUT2D eigenvalue weighted by molar-refractivity contribution is 0.0933. The summed E-state index contributed by atoms with van der Waals surface area (Å²) in [5.74, 6) is -0.140. The molecule has 1 fully saturated rings. The maximum absolute atomic E-state index is 12.4. The van der Waals surface area contributed by atoms with Gasteiger partial charge in [0.2, 0.25) is 0 Å². The number of carbonyl (C=O) groups excluding carboxylic acids is 1. The van der Waals surface area contributed by atoms with Crippen molar-refractivity contribution in [2.45, 2.75) is 25.3 Å². The number of hydrogen-bond donors (Lipinski definition) is 3. The van der Waals surface area contributed by atoms with Crippen LogP contribution in [0.3, 0.4) is 0 Å². The second-order valence-corrected chi connectivity index (χ2v) is 5.55. The second kappa shape index (κ2) is 6.14. The third-order valence-electron chi connectivity index (χ3n) is 4.03. The monoisotopic (exact) mass is 284 g/mol. The van der Waals surface area contributed by atoms with Crippen molar-refractivity contribution in [3.8, 4) is 5.75 Å². The van der Waals surface area contributed by atoms with Crippen molar-refractivity contribution in [2.24, 2.45) is 0 Å². The highest BCUT2D eigenvalue weighted by Crippen LogP contribution is 2.28. The quantitative estimate of drug-likeness (QED) is 0.793. The van der Waals surface area contributed by atoms with E-state index in [9.17, 15) is 9.90 Å². The molecule has 1 saturated heterocycles. The number of rotatable bonds is 2. The summed E-state index contributed by atoms with van der Waals surface area (Å²) in [5.41, 5.74) is 0.345. The number of carbonyl (C=O) groups is 1. The molecule has 0 spiro atoms. The molecule has 3 N–H and O–H groups in total. The third-order valence-corrected chi connectivity index (χ3v) is 4.03. The van der Waals surface area contributed by atoms with Gasteiger partial charge in [-0.1, -0.05) is 36.8 Å². The Hall–Kier alpha value is -2.07. The molecule has 0 saturated carbocycles. The smallest absolute Gasteiger partial charge is 0.255 e. The molecule has 0 aromatic heterocycles. The van der Waals surface area contributed by atoms with Crippen molar-refractivity contribution in [1.82, 2.24) is 10.6 Å². The summed E-state index contributed by atoms with van der Waals surface area (Å²) in [7, 11) is 0. The number of hydrogen-bond acceptors (Lipinski definition) is 3. The largest absolute Gasteiger partial charge is 0.506 e. The van der Waals surface area contributed by atoms with E-state index in [1.807, 2.05) is 30.3 Å². The Morgan fingerprint density at radius 1 is 1.19 bits per heavy atom. The Kier molecular flexibility index (Phi) is 4.06. The van der Waals surface area contributed by atoms with Crippen LogP contribution in [0, 0.1) is 0 Å². The van der Waals surface area contributed by atoms with Gasteiger partial charge in [0.15, 0.2) is 0 Å². The van der Waals surface area contributed by atoms with E-state index in [2.05, 4.69) is 10.6 Å². The van der Waals surface area contributed by atoms with E-state index in [-0.39, 0.29) is 17.7 Å². The lowest BCUT2D eigenvalue weighted by Crippen LogP contribution is -2.40. The van der Waals surface area contributed by atoms with Crippen LogP contribution in [0.2, 0.25) is 0 Å². The van der Waals surface area contributed by atoms with E-state index in [1.165, 1.54) is 0 Å². The van der Waals surface area contributed by atoms with E-state index in [4.69, 9.17) is 0 Å². The minimum absolute atomic E-state index is 0.0622. The maximum atomic E-state index is 12.4. The molecule has 1 atom stereocenters. The van der Waals surface area contributed by atoms with E-state index in [0.717, 1.165) is 37.7 Å².